The molecule has 10 heteroatoms. The lowest BCUT2D eigenvalue weighted by molar-refractivity contribution is 0.0949. The minimum absolute atomic E-state index is 0.0789. The van der Waals surface area contributed by atoms with Crippen LogP contribution in [0.1, 0.15) is 40.2 Å². The van der Waals surface area contributed by atoms with Crippen molar-refractivity contribution in [3.8, 4) is 12.3 Å². The number of amides is 1. The van der Waals surface area contributed by atoms with Gasteiger partial charge < -0.3 is 26.8 Å². The number of hydrogen-bond acceptors (Lipinski definition) is 6. The van der Waals surface area contributed by atoms with Crippen molar-refractivity contribution in [3.63, 3.8) is 0 Å². The highest BCUT2D eigenvalue weighted by molar-refractivity contribution is 5.95. The molecule has 0 aliphatic carbocycles. The summed E-state index contributed by atoms with van der Waals surface area (Å²) in [6.07, 6.45) is 6.52. The van der Waals surface area contributed by atoms with Gasteiger partial charge in [-0.1, -0.05) is 5.92 Å². The van der Waals surface area contributed by atoms with Gasteiger partial charge in [-0.2, -0.15) is 5.10 Å². The molecule has 1 aromatic heterocycles. The van der Waals surface area contributed by atoms with E-state index in [4.69, 9.17) is 18.0 Å². The molecular formula is C25H28FN7O2. The van der Waals surface area contributed by atoms with Crippen LogP contribution in [0.3, 0.4) is 0 Å². The van der Waals surface area contributed by atoms with Crippen LogP contribution >= 0.6 is 0 Å². The van der Waals surface area contributed by atoms with Crippen LogP contribution in [0, 0.1) is 32.0 Å². The summed E-state index contributed by atoms with van der Waals surface area (Å²) < 4.78 is 14.9. The van der Waals surface area contributed by atoms with Gasteiger partial charge in [0.25, 0.3) is 11.5 Å². The van der Waals surface area contributed by atoms with E-state index in [1.165, 1.54) is 12.1 Å². The molecule has 9 nitrogen and oxygen atoms in total. The lowest BCUT2D eigenvalue weighted by Crippen LogP contribution is -2.27. The third-order valence-corrected chi connectivity index (χ3v) is 5.55. The summed E-state index contributed by atoms with van der Waals surface area (Å²) >= 11 is 0. The summed E-state index contributed by atoms with van der Waals surface area (Å²) in [6, 6.07) is 7.97. The first-order valence-electron chi connectivity index (χ1n) is 11.0. The van der Waals surface area contributed by atoms with E-state index >= 15 is 0 Å². The number of nitrogens with zero attached hydrogens (tertiary/aromatic N) is 3. The van der Waals surface area contributed by atoms with E-state index in [1.54, 1.807) is 24.0 Å². The topological polar surface area (TPSA) is 142 Å². The van der Waals surface area contributed by atoms with E-state index in [0.29, 0.717) is 48.3 Å². The average Bonchev–Trinajstić information content (AvgIpc) is 2.81. The zero-order chi connectivity index (χ0) is 25.5. The molecule has 0 unspecified atom stereocenters. The molecule has 0 spiro atoms. The first-order chi connectivity index (χ1) is 16.7. The summed E-state index contributed by atoms with van der Waals surface area (Å²) in [5.74, 6) is 7.27. The van der Waals surface area contributed by atoms with E-state index in [1.807, 2.05) is 13.0 Å². The molecule has 1 heterocycles. The highest BCUT2D eigenvalue weighted by Crippen LogP contribution is 2.23. The first kappa shape index (κ1) is 25.2. The Labute approximate surface area is 202 Å². The summed E-state index contributed by atoms with van der Waals surface area (Å²) in [7, 11) is 0. The number of carbonyl (C=O) groups excluding carboxylic acids is 1. The Morgan fingerprint density at radius 2 is 2.09 bits per heavy atom. The van der Waals surface area contributed by atoms with Gasteiger partial charge in [-0.3, -0.25) is 9.59 Å². The number of nitrogens with two attached hydrogens (primary N) is 2. The minimum Gasteiger partial charge on any atom is -0.386 e. The number of H-pyrrole nitrogens is 1. The Kier molecular flexibility index (Phi) is 8.04. The smallest absolute Gasteiger partial charge is 0.258 e. The number of halogens is 1. The van der Waals surface area contributed by atoms with Gasteiger partial charge in [0.1, 0.15) is 17.5 Å². The number of fused-ring (bicyclic) bond motifs is 1. The molecule has 2 aromatic carbocycles. The molecule has 1 amide bonds. The summed E-state index contributed by atoms with van der Waals surface area (Å²) in [5, 5.41) is 6.48. The second-order valence-electron chi connectivity index (χ2n) is 8.15. The van der Waals surface area contributed by atoms with E-state index in [0.717, 1.165) is 11.1 Å². The van der Waals surface area contributed by atoms with Crippen LogP contribution in [0.25, 0.3) is 10.9 Å². The molecule has 0 saturated heterocycles. The maximum atomic E-state index is 14.9. The molecule has 6 N–H and O–H groups in total. The van der Waals surface area contributed by atoms with Gasteiger partial charge in [-0.15, -0.1) is 6.42 Å². The second kappa shape index (κ2) is 11.2. The van der Waals surface area contributed by atoms with Crippen LogP contribution in [-0.4, -0.2) is 34.8 Å². The molecule has 0 radical (unpaired) electrons. The van der Waals surface area contributed by atoms with Crippen molar-refractivity contribution in [3.05, 3.63) is 69.0 Å². The number of aryl methyl sites for hydroxylation is 2. The Balaban J connectivity index is 1.80. The fraction of sp³-hybridized carbons (Fsp3) is 0.280. The number of hydrazone groups is 1. The molecule has 182 valence electrons. The van der Waals surface area contributed by atoms with Crippen LogP contribution in [0.15, 0.2) is 40.2 Å². The normalized spacial score (nSPS) is 11.3. The first-order valence-corrected chi connectivity index (χ1v) is 11.0. The molecule has 0 fully saturated rings. The number of rotatable bonds is 9. The lowest BCUT2D eigenvalue weighted by Gasteiger charge is -2.24. The fourth-order valence-corrected chi connectivity index (χ4v) is 3.69. The standard InChI is InChI=1S/C25H28FN7O2/c1-4-10-33(14-17-12-20-22(11-15(17)2)30-16(3)31-25(20)35)18-7-8-19(21(26)13-18)24(34)29-9-5-6-23(27)32-28/h1,7-8,11-13H,5-6,9-10,14,28H2,2-3H3,(H2,27,32)(H,29,34)(H,30,31,35). The van der Waals surface area contributed by atoms with Crippen LogP contribution in [0.2, 0.25) is 0 Å². The number of amidine groups is 1. The van der Waals surface area contributed by atoms with Crippen molar-refractivity contribution < 1.29 is 9.18 Å². The molecule has 0 atom stereocenters. The maximum absolute atomic E-state index is 14.9. The Morgan fingerprint density at radius 3 is 2.77 bits per heavy atom. The SMILES string of the molecule is C#CCN(Cc1cc2c(=O)[nH]c(C)nc2cc1C)c1ccc(C(=O)NCCC/C(N)=N/N)c(F)c1. The van der Waals surface area contributed by atoms with Gasteiger partial charge >= 0.3 is 0 Å². The number of nitrogens with one attached hydrogen (secondary N) is 2. The highest BCUT2D eigenvalue weighted by atomic mass is 19.1. The van der Waals surface area contributed by atoms with E-state index in [9.17, 15) is 14.0 Å². The highest BCUT2D eigenvalue weighted by Gasteiger charge is 2.16. The summed E-state index contributed by atoms with van der Waals surface area (Å²) in [5.41, 5.74) is 8.11. The molecular weight excluding hydrogens is 449 g/mol. The van der Waals surface area contributed by atoms with Gasteiger partial charge in [0.15, 0.2) is 0 Å². The largest absolute Gasteiger partial charge is 0.386 e. The van der Waals surface area contributed by atoms with Gasteiger partial charge in [0, 0.05) is 25.2 Å². The van der Waals surface area contributed by atoms with Crippen molar-refractivity contribution in [2.45, 2.75) is 33.2 Å². The Hall–Kier alpha value is -4.39. The van der Waals surface area contributed by atoms with E-state index < -0.39 is 11.7 Å². The number of terminal acetylenes is 1. The van der Waals surface area contributed by atoms with Crippen LogP contribution < -0.4 is 27.4 Å². The van der Waals surface area contributed by atoms with Crippen LogP contribution in [0.5, 0.6) is 0 Å². The summed E-state index contributed by atoms with van der Waals surface area (Å²) in [6.45, 7) is 4.49. The fourth-order valence-electron chi connectivity index (χ4n) is 3.69. The predicted octanol–water partition coefficient (Wildman–Crippen LogP) is 2.06. The molecule has 0 saturated carbocycles. The van der Waals surface area contributed by atoms with Gasteiger partial charge in [-0.25, -0.2) is 9.37 Å². The number of carbonyl (C=O) groups is 1. The van der Waals surface area contributed by atoms with E-state index in [-0.39, 0.29) is 23.5 Å². The molecule has 3 rings (SSSR count). The van der Waals surface area contributed by atoms with Gasteiger partial charge in [0.2, 0.25) is 0 Å². The second-order valence-corrected chi connectivity index (χ2v) is 8.15. The number of benzene rings is 2. The summed E-state index contributed by atoms with van der Waals surface area (Å²) in [4.78, 5) is 33.6. The van der Waals surface area contributed by atoms with Crippen molar-refractivity contribution in [2.75, 3.05) is 18.0 Å². The predicted molar refractivity (Wildman–Crippen MR) is 135 cm³/mol. The molecule has 3 aromatic rings. The quantitative estimate of drug-likeness (QED) is 0.0928. The minimum atomic E-state index is -0.670. The lowest BCUT2D eigenvalue weighted by atomic mass is 10.0. The Bertz CT molecular complexity index is 1370. The maximum Gasteiger partial charge on any atom is 0.258 e. The van der Waals surface area contributed by atoms with Crippen molar-refractivity contribution >= 4 is 28.3 Å². The number of hydrogen-bond donors (Lipinski definition) is 4. The van der Waals surface area contributed by atoms with Crippen LogP contribution in [0.4, 0.5) is 10.1 Å². The zero-order valence-electron chi connectivity index (χ0n) is 19.7. The van der Waals surface area contributed by atoms with Gasteiger partial charge in [0.05, 0.1) is 23.0 Å². The molecule has 35 heavy (non-hydrogen) atoms. The monoisotopic (exact) mass is 477 g/mol. The van der Waals surface area contributed by atoms with Crippen molar-refractivity contribution in [2.24, 2.45) is 16.7 Å². The molecule has 0 aliphatic heterocycles. The number of aromatic nitrogens is 2. The zero-order valence-corrected chi connectivity index (χ0v) is 19.7. The average molecular weight is 478 g/mol. The Morgan fingerprint density at radius 1 is 1.31 bits per heavy atom. The number of aromatic amines is 1. The molecule has 0 aliphatic rings. The molecule has 0 bridgehead atoms. The third kappa shape index (κ3) is 6.14. The van der Waals surface area contributed by atoms with Crippen molar-refractivity contribution in [1.82, 2.24) is 15.3 Å². The van der Waals surface area contributed by atoms with Crippen molar-refractivity contribution in [1.29, 1.82) is 0 Å². The third-order valence-electron chi connectivity index (χ3n) is 5.55. The number of anilines is 1. The van der Waals surface area contributed by atoms with Crippen LogP contribution in [-0.2, 0) is 6.54 Å². The van der Waals surface area contributed by atoms with Gasteiger partial charge in [-0.05, 0) is 61.7 Å². The van der Waals surface area contributed by atoms with E-state index in [2.05, 4.69) is 26.3 Å².